The lowest BCUT2D eigenvalue weighted by molar-refractivity contribution is -0.873. The van der Waals surface area contributed by atoms with Crippen LogP contribution in [0, 0.1) is 5.82 Å². The molecule has 0 saturated carbocycles. The molecule has 1 aromatic carbocycles. The van der Waals surface area contributed by atoms with Crippen LogP contribution in [0.25, 0.3) is 10.9 Å². The number of thiophene rings is 1. The highest BCUT2D eigenvalue weighted by atomic mass is 32.2. The van der Waals surface area contributed by atoms with Crippen LogP contribution < -0.4 is 15.6 Å². The lowest BCUT2D eigenvalue weighted by Crippen LogP contribution is -2.72. The normalized spacial score (nSPS) is 19.6. The highest BCUT2D eigenvalue weighted by molar-refractivity contribution is 8.00. The molecule has 5 heterocycles. The molecular formula is C36H39FN5O7S2+. The van der Waals surface area contributed by atoms with Gasteiger partial charge in [-0.05, 0) is 30.5 Å². The zero-order valence-corrected chi connectivity index (χ0v) is 30.0. The smallest absolute Gasteiger partial charge is 0.361 e. The van der Waals surface area contributed by atoms with E-state index in [-0.39, 0.29) is 48.1 Å². The molecule has 1 N–H and O–H groups in total. The van der Waals surface area contributed by atoms with Gasteiger partial charge in [0, 0.05) is 23.0 Å². The molecule has 15 heteroatoms. The summed E-state index contributed by atoms with van der Waals surface area (Å²) in [6.45, 7) is 11.1. The average Bonchev–Trinajstić information content (AvgIpc) is 3.64. The minimum atomic E-state index is -0.801. The van der Waals surface area contributed by atoms with Gasteiger partial charge in [-0.25, -0.2) is 14.0 Å². The Morgan fingerprint density at radius 2 is 1.80 bits per heavy atom. The van der Waals surface area contributed by atoms with Gasteiger partial charge in [0.05, 0.1) is 43.5 Å². The van der Waals surface area contributed by atoms with Crippen LogP contribution >= 0.6 is 23.1 Å². The number of nitrogens with zero attached hydrogens (tertiary/aromatic N) is 4. The van der Waals surface area contributed by atoms with Gasteiger partial charge >= 0.3 is 11.9 Å². The number of carbonyl (C=O) groups excluding carboxylic acids is 4. The summed E-state index contributed by atoms with van der Waals surface area (Å²) >= 11 is 2.95. The summed E-state index contributed by atoms with van der Waals surface area (Å²) < 4.78 is 28.4. The summed E-state index contributed by atoms with van der Waals surface area (Å²) in [7, 11) is 1.98. The number of pyridine rings is 1. The van der Waals surface area contributed by atoms with Gasteiger partial charge in [0.1, 0.15) is 49.1 Å². The monoisotopic (exact) mass is 736 g/mol. The number of β-lactam (4-membered cyclic amide) rings is 1. The molecule has 12 nitrogen and oxygen atoms in total. The number of amides is 2. The molecule has 2 fully saturated rings. The lowest BCUT2D eigenvalue weighted by Gasteiger charge is -2.52. The summed E-state index contributed by atoms with van der Waals surface area (Å²) in [5.74, 6) is -2.26. The van der Waals surface area contributed by atoms with Gasteiger partial charge in [0.25, 0.3) is 5.91 Å². The van der Waals surface area contributed by atoms with E-state index in [2.05, 4.69) is 18.5 Å². The first kappa shape index (κ1) is 36.1. The Balaban J connectivity index is 1.24. The van der Waals surface area contributed by atoms with Gasteiger partial charge in [-0.2, -0.15) is 0 Å². The number of thioether (sulfide) groups is 1. The summed E-state index contributed by atoms with van der Waals surface area (Å²) in [5.41, 5.74) is 0.903. The van der Waals surface area contributed by atoms with Crippen molar-refractivity contribution in [3.8, 4) is 0 Å². The number of fused-ring (bicyclic) bond motifs is 2. The van der Waals surface area contributed by atoms with Gasteiger partial charge < -0.3 is 24.3 Å². The molecule has 51 heavy (non-hydrogen) atoms. The molecule has 268 valence electrons. The fourth-order valence-corrected chi connectivity index (χ4v) is 8.90. The highest BCUT2D eigenvalue weighted by Gasteiger charge is 2.57. The second-order valence-corrected chi connectivity index (χ2v) is 14.7. The maximum atomic E-state index is 15.8. The van der Waals surface area contributed by atoms with Gasteiger partial charge in [-0.3, -0.25) is 23.8 Å². The number of quaternary nitrogens is 1. The van der Waals surface area contributed by atoms with Gasteiger partial charge in [0.2, 0.25) is 11.3 Å². The van der Waals surface area contributed by atoms with Crippen LogP contribution in [-0.2, 0) is 36.8 Å². The standard InChI is InChI=1S/C36H38FN5O7S2/c1-5-14-48-35(46)24-20-39(7-3)26-19-27(25(37)18-23(26)32(24)44)40-10-12-42(4,13-11-40)28-21-51-34-30(38-29(43)17-22-9-8-16-50-22)33(45)41(34)31(28)36(47)49-15-6-2/h5-6,8-9,16,18-20,30,34H,1-2,7,10-15,17,21H2,3-4H3/p+1. The molecule has 3 aliphatic rings. The van der Waals surface area contributed by atoms with Crippen LogP contribution in [0.5, 0.6) is 0 Å². The molecule has 0 radical (unpaired) electrons. The third-order valence-electron chi connectivity index (χ3n) is 9.47. The predicted octanol–water partition coefficient (Wildman–Crippen LogP) is 3.41. The number of anilines is 1. The topological polar surface area (TPSA) is 127 Å². The third kappa shape index (κ3) is 6.85. The zero-order chi connectivity index (χ0) is 36.4. The number of hydrogen-bond acceptors (Lipinski definition) is 10. The number of hydrogen-bond donors (Lipinski definition) is 1. The van der Waals surface area contributed by atoms with Gasteiger partial charge in [0.15, 0.2) is 11.4 Å². The Labute approximate surface area is 302 Å². The second kappa shape index (κ2) is 14.9. The number of likely N-dealkylation sites (N-methyl/N-ethyl adjacent to an activating group) is 1. The SMILES string of the molecule is C=CCOC(=O)C1=C([N+]2(C)CCN(c3cc4c(cc3F)c(=O)c(C(=O)OCC=C)cn4CC)CC2)CSC2C(NC(=O)Cc3cccs3)C(=O)N12. The molecule has 2 unspecified atom stereocenters. The number of aromatic nitrogens is 1. The van der Waals surface area contributed by atoms with Crippen LogP contribution in [0.15, 0.2) is 77.3 Å². The maximum absolute atomic E-state index is 15.8. The molecule has 3 aromatic rings. The fourth-order valence-electron chi connectivity index (χ4n) is 6.68. The molecule has 2 aromatic heterocycles. The number of ether oxygens (including phenoxy) is 2. The molecule has 6 rings (SSSR count). The van der Waals surface area contributed by atoms with E-state index in [1.54, 1.807) is 10.6 Å². The Morgan fingerprint density at radius 1 is 1.10 bits per heavy atom. The molecule has 2 atom stereocenters. The van der Waals surface area contributed by atoms with Crippen molar-refractivity contribution < 1.29 is 37.5 Å². The van der Waals surface area contributed by atoms with Crippen LogP contribution in [0.4, 0.5) is 10.1 Å². The second-order valence-electron chi connectivity index (χ2n) is 12.6. The fraction of sp³-hybridized carbons (Fsp3) is 0.361. The maximum Gasteiger partial charge on any atom is 0.361 e. The minimum absolute atomic E-state index is 0.0322. The molecule has 2 amide bonds. The van der Waals surface area contributed by atoms with Crippen molar-refractivity contribution in [1.82, 2.24) is 14.8 Å². The summed E-state index contributed by atoms with van der Waals surface area (Å²) in [6.07, 6.45) is 4.46. The van der Waals surface area contributed by atoms with Crippen LogP contribution in [0.1, 0.15) is 22.2 Å². The molecule has 0 aliphatic carbocycles. The number of piperazine rings is 1. The molecule has 3 aliphatic heterocycles. The predicted molar refractivity (Wildman–Crippen MR) is 194 cm³/mol. The van der Waals surface area contributed by atoms with E-state index in [1.807, 2.05) is 36.4 Å². The van der Waals surface area contributed by atoms with Crippen LogP contribution in [0.2, 0.25) is 0 Å². The highest BCUT2D eigenvalue weighted by Crippen LogP contribution is 2.43. The first-order valence-electron chi connectivity index (χ1n) is 16.5. The Kier molecular flexibility index (Phi) is 10.5. The Bertz CT molecular complexity index is 2000. The number of esters is 2. The van der Waals surface area contributed by atoms with E-state index >= 15 is 4.39 Å². The van der Waals surface area contributed by atoms with Crippen LogP contribution in [0.3, 0.4) is 0 Å². The van der Waals surface area contributed by atoms with Crippen molar-refractivity contribution in [3.05, 3.63) is 99.0 Å². The third-order valence-corrected chi connectivity index (χ3v) is 11.6. The molecular weight excluding hydrogens is 698 g/mol. The van der Waals surface area contributed by atoms with Crippen molar-refractivity contribution in [1.29, 1.82) is 0 Å². The van der Waals surface area contributed by atoms with E-state index < -0.39 is 34.6 Å². The number of nitrogens with one attached hydrogen (secondary N) is 1. The van der Waals surface area contributed by atoms with E-state index in [4.69, 9.17) is 9.47 Å². The van der Waals surface area contributed by atoms with Gasteiger partial charge in [-0.15, -0.1) is 23.1 Å². The summed E-state index contributed by atoms with van der Waals surface area (Å²) in [5, 5.41) is 4.35. The summed E-state index contributed by atoms with van der Waals surface area (Å²) in [6, 6.07) is 5.77. The Morgan fingerprint density at radius 3 is 2.45 bits per heavy atom. The number of benzene rings is 1. The van der Waals surface area contributed by atoms with E-state index in [9.17, 15) is 24.0 Å². The molecule has 2 saturated heterocycles. The van der Waals surface area contributed by atoms with Crippen molar-refractivity contribution in [2.75, 3.05) is 57.1 Å². The first-order chi connectivity index (χ1) is 24.5. The van der Waals surface area contributed by atoms with Crippen molar-refractivity contribution in [3.63, 3.8) is 0 Å². The lowest BCUT2D eigenvalue weighted by atomic mass is 10.0. The zero-order valence-electron chi connectivity index (χ0n) is 28.4. The van der Waals surface area contributed by atoms with E-state index in [1.165, 1.54) is 52.4 Å². The molecule has 0 bridgehead atoms. The number of carbonyl (C=O) groups is 4. The van der Waals surface area contributed by atoms with Crippen LogP contribution in [-0.4, -0.2) is 101 Å². The number of aryl methyl sites for hydroxylation is 1. The number of rotatable bonds is 12. The largest absolute Gasteiger partial charge is 0.458 e. The first-order valence-corrected chi connectivity index (χ1v) is 18.5. The van der Waals surface area contributed by atoms with Gasteiger partial charge in [-0.1, -0.05) is 31.4 Å². The van der Waals surface area contributed by atoms with Crippen molar-refractivity contribution in [2.45, 2.75) is 31.3 Å². The van der Waals surface area contributed by atoms with Crippen molar-refractivity contribution >= 4 is 63.4 Å². The van der Waals surface area contributed by atoms with E-state index in [0.29, 0.717) is 54.2 Å². The van der Waals surface area contributed by atoms with E-state index in [0.717, 1.165) is 10.6 Å². The average molecular weight is 737 g/mol. The molecule has 0 spiro atoms. The minimum Gasteiger partial charge on any atom is -0.458 e. The van der Waals surface area contributed by atoms with Crippen molar-refractivity contribution in [2.24, 2.45) is 0 Å². The Hall–Kier alpha value is -4.73. The quantitative estimate of drug-likeness (QED) is 0.129. The summed E-state index contributed by atoms with van der Waals surface area (Å²) in [4.78, 5) is 69.9. The number of halogens is 1.